The van der Waals surface area contributed by atoms with Crippen LogP contribution in [0.25, 0.3) is 0 Å². The molecule has 1 aliphatic rings. The SMILES string of the molecule is COC1OC1O[C@@H](CC(=O)O)C[N+](C)(C)C. The van der Waals surface area contributed by atoms with E-state index in [4.69, 9.17) is 19.3 Å². The van der Waals surface area contributed by atoms with Gasteiger partial charge < -0.3 is 23.8 Å². The third-order valence-corrected chi connectivity index (χ3v) is 2.13. The first-order chi connectivity index (χ1) is 7.31. The monoisotopic (exact) mass is 234 g/mol. The number of epoxide rings is 1. The predicted molar refractivity (Wildman–Crippen MR) is 55.7 cm³/mol. The van der Waals surface area contributed by atoms with Crippen molar-refractivity contribution in [2.24, 2.45) is 0 Å². The molecule has 6 nitrogen and oxygen atoms in total. The number of hydrogen-bond acceptors (Lipinski definition) is 4. The molecule has 3 atom stereocenters. The molecule has 1 N–H and O–H groups in total. The number of methoxy groups -OCH3 is 1. The van der Waals surface area contributed by atoms with Gasteiger partial charge in [-0.25, -0.2) is 0 Å². The van der Waals surface area contributed by atoms with E-state index >= 15 is 0 Å². The van der Waals surface area contributed by atoms with Crippen LogP contribution < -0.4 is 0 Å². The van der Waals surface area contributed by atoms with Crippen molar-refractivity contribution in [1.82, 2.24) is 0 Å². The van der Waals surface area contributed by atoms with Crippen LogP contribution in [0.15, 0.2) is 0 Å². The van der Waals surface area contributed by atoms with E-state index in [0.717, 1.165) is 0 Å². The Hall–Kier alpha value is -0.690. The Bertz CT molecular complexity index is 250. The number of hydrogen-bond donors (Lipinski definition) is 1. The van der Waals surface area contributed by atoms with Crippen LogP contribution in [0, 0.1) is 0 Å². The van der Waals surface area contributed by atoms with Gasteiger partial charge in [0.1, 0.15) is 12.6 Å². The van der Waals surface area contributed by atoms with Gasteiger partial charge in [-0.3, -0.25) is 4.79 Å². The van der Waals surface area contributed by atoms with Crippen LogP contribution in [0.5, 0.6) is 0 Å². The van der Waals surface area contributed by atoms with E-state index < -0.39 is 12.3 Å². The van der Waals surface area contributed by atoms with Gasteiger partial charge in [-0.2, -0.15) is 0 Å². The molecule has 0 saturated carbocycles. The van der Waals surface area contributed by atoms with Crippen molar-refractivity contribution in [2.45, 2.75) is 25.1 Å². The van der Waals surface area contributed by atoms with Crippen LogP contribution in [0.3, 0.4) is 0 Å². The standard InChI is InChI=1S/C10H19NO5/c1-11(2,3)6-7(5-8(12)13)15-10-9(14-4)16-10/h7,9-10H,5-6H2,1-4H3/p+1/t7-,9?,10?/m0/s1. The van der Waals surface area contributed by atoms with Gasteiger partial charge in [-0.1, -0.05) is 0 Å². The summed E-state index contributed by atoms with van der Waals surface area (Å²) in [6.45, 7) is 0.614. The molecule has 6 heteroatoms. The number of ether oxygens (including phenoxy) is 3. The van der Waals surface area contributed by atoms with Crippen LogP contribution >= 0.6 is 0 Å². The molecule has 0 spiro atoms. The Morgan fingerprint density at radius 3 is 2.44 bits per heavy atom. The lowest BCUT2D eigenvalue weighted by atomic mass is 10.2. The fourth-order valence-electron chi connectivity index (χ4n) is 1.50. The van der Waals surface area contributed by atoms with Gasteiger partial charge in [-0.05, 0) is 0 Å². The van der Waals surface area contributed by atoms with Crippen LogP contribution in [0.1, 0.15) is 6.42 Å². The topological polar surface area (TPSA) is 68.3 Å². The molecule has 0 aromatic carbocycles. The minimum atomic E-state index is -0.868. The number of rotatable bonds is 7. The van der Waals surface area contributed by atoms with E-state index in [0.29, 0.717) is 11.0 Å². The molecule has 94 valence electrons. The Morgan fingerprint density at radius 1 is 1.44 bits per heavy atom. The highest BCUT2D eigenvalue weighted by atomic mass is 16.9. The van der Waals surface area contributed by atoms with Crippen molar-refractivity contribution in [3.63, 3.8) is 0 Å². The minimum Gasteiger partial charge on any atom is -0.481 e. The van der Waals surface area contributed by atoms with Gasteiger partial charge in [0.25, 0.3) is 0 Å². The van der Waals surface area contributed by atoms with E-state index in [2.05, 4.69) is 0 Å². The zero-order chi connectivity index (χ0) is 12.3. The third-order valence-electron chi connectivity index (χ3n) is 2.13. The number of quaternary nitrogens is 1. The predicted octanol–water partition coefficient (Wildman–Crippen LogP) is -0.119. The first-order valence-electron chi connectivity index (χ1n) is 5.18. The van der Waals surface area contributed by atoms with Crippen molar-refractivity contribution in [2.75, 3.05) is 34.8 Å². The van der Waals surface area contributed by atoms with Crippen molar-refractivity contribution in [1.29, 1.82) is 0 Å². The average molecular weight is 234 g/mol. The molecule has 0 radical (unpaired) electrons. The van der Waals surface area contributed by atoms with E-state index in [1.165, 1.54) is 7.11 Å². The average Bonchev–Trinajstić information content (AvgIpc) is 2.78. The fourth-order valence-corrected chi connectivity index (χ4v) is 1.50. The van der Waals surface area contributed by atoms with E-state index in [-0.39, 0.29) is 18.8 Å². The highest BCUT2D eigenvalue weighted by Gasteiger charge is 2.43. The molecule has 0 bridgehead atoms. The summed E-state index contributed by atoms with van der Waals surface area (Å²) in [5.74, 6) is -0.868. The molecule has 0 aromatic rings. The number of aliphatic carboxylic acids is 1. The number of carboxylic acid groups (broad SMARTS) is 1. The molecule has 1 saturated heterocycles. The second kappa shape index (κ2) is 5.09. The quantitative estimate of drug-likeness (QED) is 0.491. The zero-order valence-corrected chi connectivity index (χ0v) is 10.2. The molecule has 1 aliphatic heterocycles. The third kappa shape index (κ3) is 4.89. The molecule has 1 fully saturated rings. The molecule has 16 heavy (non-hydrogen) atoms. The van der Waals surface area contributed by atoms with Crippen molar-refractivity contribution < 1.29 is 28.6 Å². The van der Waals surface area contributed by atoms with Crippen molar-refractivity contribution in [3.8, 4) is 0 Å². The second-order valence-electron chi connectivity index (χ2n) is 4.94. The maximum Gasteiger partial charge on any atom is 0.306 e. The molecule has 0 aromatic heterocycles. The molecular weight excluding hydrogens is 214 g/mol. The zero-order valence-electron chi connectivity index (χ0n) is 10.2. The largest absolute Gasteiger partial charge is 0.481 e. The minimum absolute atomic E-state index is 0.0220. The molecule has 1 rings (SSSR count). The summed E-state index contributed by atoms with van der Waals surface area (Å²) >= 11 is 0. The molecule has 0 aliphatic carbocycles. The Morgan fingerprint density at radius 2 is 2.06 bits per heavy atom. The van der Waals surface area contributed by atoms with Crippen LogP contribution in [-0.2, 0) is 19.0 Å². The van der Waals surface area contributed by atoms with Gasteiger partial charge in [0.2, 0.25) is 12.6 Å². The molecule has 1 heterocycles. The van der Waals surface area contributed by atoms with Gasteiger partial charge >= 0.3 is 5.97 Å². The lowest BCUT2D eigenvalue weighted by Crippen LogP contribution is -2.43. The first-order valence-corrected chi connectivity index (χ1v) is 5.18. The summed E-state index contributed by atoms with van der Waals surface area (Å²) < 4.78 is 16.1. The Labute approximate surface area is 95.3 Å². The van der Waals surface area contributed by atoms with E-state index in [9.17, 15) is 4.79 Å². The van der Waals surface area contributed by atoms with E-state index in [1.54, 1.807) is 0 Å². The highest BCUT2D eigenvalue weighted by Crippen LogP contribution is 2.26. The van der Waals surface area contributed by atoms with Gasteiger partial charge in [0.15, 0.2) is 0 Å². The molecule has 2 unspecified atom stereocenters. The van der Waals surface area contributed by atoms with Gasteiger partial charge in [0, 0.05) is 7.11 Å². The smallest absolute Gasteiger partial charge is 0.306 e. The molecular formula is C10H20NO5+. The summed E-state index contributed by atoms with van der Waals surface area (Å²) in [6, 6.07) is 0. The lowest BCUT2D eigenvalue weighted by Gasteiger charge is -2.28. The fraction of sp³-hybridized carbons (Fsp3) is 0.900. The van der Waals surface area contributed by atoms with Gasteiger partial charge in [-0.15, -0.1) is 0 Å². The maximum atomic E-state index is 10.7. The summed E-state index contributed by atoms with van der Waals surface area (Å²) in [4.78, 5) is 10.7. The molecule has 0 amide bonds. The van der Waals surface area contributed by atoms with Crippen LogP contribution in [0.4, 0.5) is 0 Å². The van der Waals surface area contributed by atoms with Crippen LogP contribution in [0.2, 0.25) is 0 Å². The lowest BCUT2D eigenvalue weighted by molar-refractivity contribution is -0.873. The van der Waals surface area contributed by atoms with E-state index in [1.807, 2.05) is 21.1 Å². The summed E-state index contributed by atoms with van der Waals surface area (Å²) in [6.07, 6.45) is -1.14. The normalized spacial score (nSPS) is 26.5. The summed E-state index contributed by atoms with van der Waals surface area (Å²) in [5, 5.41) is 8.78. The number of carboxylic acids is 1. The van der Waals surface area contributed by atoms with Crippen molar-refractivity contribution >= 4 is 5.97 Å². The maximum absolute atomic E-state index is 10.7. The Kier molecular flexibility index (Phi) is 4.26. The number of carbonyl (C=O) groups is 1. The second-order valence-corrected chi connectivity index (χ2v) is 4.94. The first kappa shape index (κ1) is 13.4. The summed E-state index contributed by atoms with van der Waals surface area (Å²) in [5.41, 5.74) is 0. The highest BCUT2D eigenvalue weighted by molar-refractivity contribution is 5.67. The van der Waals surface area contributed by atoms with Crippen molar-refractivity contribution in [3.05, 3.63) is 0 Å². The van der Waals surface area contributed by atoms with Crippen LogP contribution in [-0.4, -0.2) is 69.0 Å². The Balaban J connectivity index is 2.41. The summed E-state index contributed by atoms with van der Waals surface area (Å²) in [7, 11) is 7.49. The van der Waals surface area contributed by atoms with Gasteiger partial charge in [0.05, 0.1) is 27.6 Å². The number of nitrogens with zero attached hydrogens (tertiary/aromatic N) is 1. The number of likely N-dealkylation sites (N-methyl/N-ethyl adjacent to an activating group) is 1.